The molecule has 0 saturated carbocycles. The average molecular weight is 345 g/mol. The third-order valence-electron chi connectivity index (χ3n) is 4.18. The van der Waals surface area contributed by atoms with Gasteiger partial charge < -0.3 is 14.6 Å². The van der Waals surface area contributed by atoms with E-state index in [0.717, 1.165) is 32.1 Å². The van der Waals surface area contributed by atoms with Gasteiger partial charge in [0.05, 0.1) is 13.2 Å². The number of rotatable bonds is 18. The lowest BCUT2D eigenvalue weighted by atomic mass is 10.1. The molecule has 0 saturated heterocycles. The van der Waals surface area contributed by atoms with Crippen molar-refractivity contribution in [3.8, 4) is 0 Å². The fraction of sp³-hybridized carbons (Fsp3) is 0.950. The van der Waals surface area contributed by atoms with Crippen molar-refractivity contribution in [2.75, 3.05) is 19.8 Å². The zero-order chi connectivity index (χ0) is 17.9. The first kappa shape index (κ1) is 23.4. The second-order valence-corrected chi connectivity index (χ2v) is 6.65. The molecular weight excluding hydrogens is 304 g/mol. The van der Waals surface area contributed by atoms with E-state index in [1.54, 1.807) is 0 Å². The number of hydrogen-bond donors (Lipinski definition) is 1. The Morgan fingerprint density at radius 2 is 1.38 bits per heavy atom. The van der Waals surface area contributed by atoms with E-state index in [1.807, 2.05) is 0 Å². The van der Waals surface area contributed by atoms with E-state index < -0.39 is 6.10 Å². The average Bonchev–Trinajstić information content (AvgIpc) is 2.59. The van der Waals surface area contributed by atoms with Crippen LogP contribution in [-0.4, -0.2) is 37.0 Å². The normalized spacial score (nSPS) is 12.3. The molecule has 0 radical (unpaired) electrons. The minimum Gasteiger partial charge on any atom is -0.457 e. The minimum absolute atomic E-state index is 0.169. The van der Waals surface area contributed by atoms with Crippen molar-refractivity contribution in [3.63, 3.8) is 0 Å². The number of ether oxygens (including phenoxy) is 2. The van der Waals surface area contributed by atoms with Crippen molar-refractivity contribution in [1.29, 1.82) is 0 Å². The largest absolute Gasteiger partial charge is 0.457 e. The lowest BCUT2D eigenvalue weighted by Gasteiger charge is -2.15. The van der Waals surface area contributed by atoms with Gasteiger partial charge in [0.1, 0.15) is 6.10 Å². The van der Waals surface area contributed by atoms with E-state index in [0.29, 0.717) is 19.6 Å². The fourth-order valence-electron chi connectivity index (χ4n) is 2.62. The number of carbonyl (C=O) groups excluding carboxylic acids is 1. The first-order chi connectivity index (χ1) is 11.7. The first-order valence-electron chi connectivity index (χ1n) is 10.1. The number of aliphatic hydroxyl groups is 1. The standard InChI is InChI=1S/C20H40O4/c1-3-5-7-9-10-11-12-14-16-23-18-19(17-21)24-20(22)15-13-8-6-4-2/h19,21H,3-18H2,1-2H3. The molecule has 0 fully saturated rings. The molecular formula is C20H40O4. The summed E-state index contributed by atoms with van der Waals surface area (Å²) in [6.07, 6.45) is 14.3. The summed E-state index contributed by atoms with van der Waals surface area (Å²) in [7, 11) is 0. The van der Waals surface area contributed by atoms with Crippen LogP contribution >= 0.6 is 0 Å². The third kappa shape index (κ3) is 16.3. The summed E-state index contributed by atoms with van der Waals surface area (Å²) in [4.78, 5) is 11.7. The molecule has 0 heterocycles. The van der Waals surface area contributed by atoms with Crippen molar-refractivity contribution in [1.82, 2.24) is 0 Å². The van der Waals surface area contributed by atoms with Crippen LogP contribution in [0, 0.1) is 0 Å². The Balaban J connectivity index is 3.46. The molecule has 0 aliphatic carbocycles. The van der Waals surface area contributed by atoms with Gasteiger partial charge in [0.2, 0.25) is 0 Å². The molecule has 1 unspecified atom stereocenters. The lowest BCUT2D eigenvalue weighted by molar-refractivity contribution is -0.154. The molecule has 4 heteroatoms. The number of carbonyl (C=O) groups is 1. The summed E-state index contributed by atoms with van der Waals surface area (Å²) in [5, 5.41) is 9.27. The summed E-state index contributed by atoms with van der Waals surface area (Å²) in [6.45, 7) is 5.19. The number of hydrogen-bond acceptors (Lipinski definition) is 4. The predicted molar refractivity (Wildman–Crippen MR) is 99.2 cm³/mol. The van der Waals surface area contributed by atoms with E-state index >= 15 is 0 Å². The van der Waals surface area contributed by atoms with Crippen LogP contribution in [0.3, 0.4) is 0 Å². The molecule has 0 aliphatic rings. The molecule has 0 aromatic heterocycles. The summed E-state index contributed by atoms with van der Waals surface area (Å²) in [5.74, 6) is -0.221. The maximum Gasteiger partial charge on any atom is 0.306 e. The van der Waals surface area contributed by atoms with Gasteiger partial charge in [-0.25, -0.2) is 0 Å². The lowest BCUT2D eigenvalue weighted by Crippen LogP contribution is -2.27. The molecule has 0 amide bonds. The van der Waals surface area contributed by atoms with Crippen LogP contribution in [0.25, 0.3) is 0 Å². The van der Waals surface area contributed by atoms with Crippen molar-refractivity contribution in [2.45, 2.75) is 103 Å². The van der Waals surface area contributed by atoms with Gasteiger partial charge in [-0.05, 0) is 12.8 Å². The molecule has 4 nitrogen and oxygen atoms in total. The zero-order valence-electron chi connectivity index (χ0n) is 16.1. The molecule has 1 atom stereocenters. The topological polar surface area (TPSA) is 55.8 Å². The molecule has 0 aliphatic heterocycles. The molecule has 144 valence electrons. The smallest absolute Gasteiger partial charge is 0.306 e. The SMILES string of the molecule is CCCCCCCCCCOCC(CO)OC(=O)CCCCCC. The Bertz CT molecular complexity index is 268. The van der Waals surface area contributed by atoms with Crippen molar-refractivity contribution in [3.05, 3.63) is 0 Å². The van der Waals surface area contributed by atoms with Gasteiger partial charge in [-0.2, -0.15) is 0 Å². The quantitative estimate of drug-likeness (QED) is 0.280. The predicted octanol–water partition coefficient (Wildman–Crippen LogP) is 5.02. The Morgan fingerprint density at radius 1 is 0.833 bits per heavy atom. The van der Waals surface area contributed by atoms with Crippen LogP contribution in [0.4, 0.5) is 0 Å². The van der Waals surface area contributed by atoms with Gasteiger partial charge in [-0.1, -0.05) is 78.1 Å². The zero-order valence-corrected chi connectivity index (χ0v) is 16.1. The monoisotopic (exact) mass is 344 g/mol. The summed E-state index contributed by atoms with van der Waals surface area (Å²) < 4.78 is 10.8. The van der Waals surface area contributed by atoms with E-state index in [9.17, 15) is 9.90 Å². The van der Waals surface area contributed by atoms with Crippen molar-refractivity contribution >= 4 is 5.97 Å². The fourth-order valence-corrected chi connectivity index (χ4v) is 2.62. The van der Waals surface area contributed by atoms with E-state index in [-0.39, 0.29) is 12.6 Å². The third-order valence-corrected chi connectivity index (χ3v) is 4.18. The van der Waals surface area contributed by atoms with Crippen LogP contribution in [0.5, 0.6) is 0 Å². The minimum atomic E-state index is -0.516. The molecule has 1 N–H and O–H groups in total. The molecule has 0 aromatic carbocycles. The van der Waals surface area contributed by atoms with Crippen LogP contribution in [0.15, 0.2) is 0 Å². The highest BCUT2D eigenvalue weighted by Gasteiger charge is 2.13. The van der Waals surface area contributed by atoms with Crippen LogP contribution in [0.2, 0.25) is 0 Å². The molecule has 0 bridgehead atoms. The second kappa shape index (κ2) is 18.7. The Kier molecular flexibility index (Phi) is 18.2. The number of aliphatic hydroxyl groups excluding tert-OH is 1. The van der Waals surface area contributed by atoms with Crippen LogP contribution in [0.1, 0.15) is 97.3 Å². The van der Waals surface area contributed by atoms with E-state index in [1.165, 1.54) is 44.9 Å². The summed E-state index contributed by atoms with van der Waals surface area (Å²) in [6, 6.07) is 0. The molecule has 0 aromatic rings. The summed E-state index contributed by atoms with van der Waals surface area (Å²) >= 11 is 0. The highest BCUT2D eigenvalue weighted by Crippen LogP contribution is 2.09. The molecule has 0 rings (SSSR count). The van der Waals surface area contributed by atoms with Crippen molar-refractivity contribution < 1.29 is 19.4 Å². The van der Waals surface area contributed by atoms with Crippen LogP contribution in [-0.2, 0) is 14.3 Å². The van der Waals surface area contributed by atoms with Gasteiger partial charge in [0.25, 0.3) is 0 Å². The van der Waals surface area contributed by atoms with Gasteiger partial charge in [0.15, 0.2) is 0 Å². The van der Waals surface area contributed by atoms with Crippen LogP contribution < -0.4 is 0 Å². The number of unbranched alkanes of at least 4 members (excludes halogenated alkanes) is 10. The highest BCUT2D eigenvalue weighted by atomic mass is 16.6. The molecule has 24 heavy (non-hydrogen) atoms. The Labute approximate surface area is 149 Å². The Hall–Kier alpha value is -0.610. The maximum atomic E-state index is 11.7. The molecule has 0 spiro atoms. The number of esters is 1. The van der Waals surface area contributed by atoms with E-state index in [4.69, 9.17) is 9.47 Å². The second-order valence-electron chi connectivity index (χ2n) is 6.65. The Morgan fingerprint density at radius 3 is 1.96 bits per heavy atom. The van der Waals surface area contributed by atoms with Gasteiger partial charge >= 0.3 is 5.97 Å². The summed E-state index contributed by atoms with van der Waals surface area (Å²) in [5.41, 5.74) is 0. The van der Waals surface area contributed by atoms with Crippen molar-refractivity contribution in [2.24, 2.45) is 0 Å². The van der Waals surface area contributed by atoms with Gasteiger partial charge in [0, 0.05) is 13.0 Å². The first-order valence-corrected chi connectivity index (χ1v) is 10.1. The van der Waals surface area contributed by atoms with Gasteiger partial charge in [-0.15, -0.1) is 0 Å². The van der Waals surface area contributed by atoms with Gasteiger partial charge in [-0.3, -0.25) is 4.79 Å². The van der Waals surface area contributed by atoms with E-state index in [2.05, 4.69) is 13.8 Å². The highest BCUT2D eigenvalue weighted by molar-refractivity contribution is 5.69. The maximum absolute atomic E-state index is 11.7.